The summed E-state index contributed by atoms with van der Waals surface area (Å²) in [6.07, 6.45) is 1.67. The molecule has 2 heterocycles. The topological polar surface area (TPSA) is 76.6 Å². The van der Waals surface area contributed by atoms with E-state index in [9.17, 15) is 9.59 Å². The maximum absolute atomic E-state index is 11.0. The van der Waals surface area contributed by atoms with Gasteiger partial charge in [-0.2, -0.15) is 0 Å². The van der Waals surface area contributed by atoms with Crippen molar-refractivity contribution in [2.75, 3.05) is 31.1 Å². The summed E-state index contributed by atoms with van der Waals surface area (Å²) in [6, 6.07) is 5.91. The summed E-state index contributed by atoms with van der Waals surface area (Å²) in [6.45, 7) is 2.33. The summed E-state index contributed by atoms with van der Waals surface area (Å²) in [7, 11) is 0. The van der Waals surface area contributed by atoms with E-state index in [0.29, 0.717) is 31.7 Å². The van der Waals surface area contributed by atoms with E-state index in [0.717, 1.165) is 22.9 Å². The van der Waals surface area contributed by atoms with E-state index in [-0.39, 0.29) is 0 Å². The van der Waals surface area contributed by atoms with Crippen LogP contribution in [0.4, 0.5) is 10.5 Å². The Hall–Kier alpha value is -2.50. The van der Waals surface area contributed by atoms with Gasteiger partial charge in [0.1, 0.15) is 0 Å². The van der Waals surface area contributed by atoms with Gasteiger partial charge in [0.25, 0.3) is 0 Å². The third-order valence-electron chi connectivity index (χ3n) is 3.74. The van der Waals surface area contributed by atoms with Crippen molar-refractivity contribution < 1.29 is 14.7 Å². The van der Waals surface area contributed by atoms with E-state index in [2.05, 4.69) is 9.88 Å². The molecule has 6 nitrogen and oxygen atoms in total. The van der Waals surface area contributed by atoms with Gasteiger partial charge in [-0.05, 0) is 18.2 Å². The number of rotatable bonds is 2. The molecule has 1 aliphatic heterocycles. The minimum absolute atomic E-state index is 0.501. The Balaban J connectivity index is 1.84. The Morgan fingerprint density at radius 3 is 2.65 bits per heavy atom. The Bertz CT molecular complexity index is 657. The third kappa shape index (κ3) is 2.09. The number of amides is 1. The number of carboxylic acid groups (broad SMARTS) is 1. The zero-order valence-corrected chi connectivity index (χ0v) is 10.9. The number of aldehydes is 1. The van der Waals surface area contributed by atoms with Crippen LogP contribution in [-0.4, -0.2) is 53.5 Å². The minimum Gasteiger partial charge on any atom is -0.465 e. The molecule has 0 bridgehead atoms. The lowest BCUT2D eigenvalue weighted by atomic mass is 10.1. The molecule has 1 saturated heterocycles. The van der Waals surface area contributed by atoms with E-state index < -0.39 is 6.09 Å². The number of carbonyl (C=O) groups excluding carboxylic acids is 1. The monoisotopic (exact) mass is 273 g/mol. The molecular formula is C14H15N3O3. The molecule has 104 valence electrons. The quantitative estimate of drug-likeness (QED) is 0.818. The lowest BCUT2D eigenvalue weighted by molar-refractivity contribution is 0.112. The van der Waals surface area contributed by atoms with Gasteiger partial charge in [0.2, 0.25) is 0 Å². The molecule has 0 spiro atoms. The van der Waals surface area contributed by atoms with Gasteiger partial charge in [-0.15, -0.1) is 0 Å². The number of nitrogens with zero attached hydrogens (tertiary/aromatic N) is 2. The van der Waals surface area contributed by atoms with Crippen molar-refractivity contribution in [2.24, 2.45) is 0 Å². The smallest absolute Gasteiger partial charge is 0.407 e. The molecule has 0 radical (unpaired) electrons. The maximum Gasteiger partial charge on any atom is 0.407 e. The molecule has 0 saturated carbocycles. The molecule has 0 atom stereocenters. The van der Waals surface area contributed by atoms with Gasteiger partial charge >= 0.3 is 6.09 Å². The Labute approximate surface area is 115 Å². The van der Waals surface area contributed by atoms with Gasteiger partial charge in [-0.25, -0.2) is 4.79 Å². The number of piperazine rings is 1. The lowest BCUT2D eigenvalue weighted by Gasteiger charge is -2.34. The Morgan fingerprint density at radius 1 is 1.25 bits per heavy atom. The Morgan fingerprint density at radius 2 is 2.00 bits per heavy atom. The largest absolute Gasteiger partial charge is 0.465 e. The number of nitrogens with one attached hydrogen (secondary N) is 1. The Kier molecular flexibility index (Phi) is 3.06. The number of fused-ring (bicyclic) bond motifs is 1. The average molecular weight is 273 g/mol. The molecule has 0 unspecified atom stereocenters. The molecule has 3 rings (SSSR count). The van der Waals surface area contributed by atoms with E-state index in [1.807, 2.05) is 18.2 Å². The van der Waals surface area contributed by atoms with Gasteiger partial charge < -0.3 is 19.9 Å². The summed E-state index contributed by atoms with van der Waals surface area (Å²) >= 11 is 0. The summed E-state index contributed by atoms with van der Waals surface area (Å²) < 4.78 is 0. The molecule has 2 aromatic rings. The zero-order valence-electron chi connectivity index (χ0n) is 10.9. The van der Waals surface area contributed by atoms with Crippen LogP contribution in [0.2, 0.25) is 0 Å². The predicted molar refractivity (Wildman–Crippen MR) is 75.5 cm³/mol. The molecule has 2 N–H and O–H groups in total. The number of aromatic nitrogens is 1. The maximum atomic E-state index is 11.0. The molecule has 20 heavy (non-hydrogen) atoms. The first kappa shape index (κ1) is 12.5. The second-order valence-electron chi connectivity index (χ2n) is 4.85. The minimum atomic E-state index is -0.867. The van der Waals surface area contributed by atoms with Gasteiger partial charge in [-0.1, -0.05) is 0 Å². The number of carbonyl (C=O) groups is 2. The lowest BCUT2D eigenvalue weighted by Crippen LogP contribution is -2.48. The second kappa shape index (κ2) is 4.88. The highest BCUT2D eigenvalue weighted by Crippen LogP contribution is 2.24. The fourth-order valence-electron chi connectivity index (χ4n) is 2.58. The van der Waals surface area contributed by atoms with Crippen molar-refractivity contribution in [2.45, 2.75) is 0 Å². The van der Waals surface area contributed by atoms with Gasteiger partial charge in [-0.3, -0.25) is 4.79 Å². The van der Waals surface area contributed by atoms with Gasteiger partial charge in [0, 0.05) is 54.5 Å². The van der Waals surface area contributed by atoms with Crippen LogP contribution < -0.4 is 4.90 Å². The molecular weight excluding hydrogens is 258 g/mol. The van der Waals surface area contributed by atoms with E-state index in [4.69, 9.17) is 5.11 Å². The van der Waals surface area contributed by atoms with Crippen molar-refractivity contribution in [1.29, 1.82) is 0 Å². The molecule has 6 heteroatoms. The fourth-order valence-corrected chi connectivity index (χ4v) is 2.58. The van der Waals surface area contributed by atoms with Crippen molar-refractivity contribution in [3.05, 3.63) is 30.0 Å². The highest BCUT2D eigenvalue weighted by Gasteiger charge is 2.20. The number of benzene rings is 1. The van der Waals surface area contributed by atoms with Crippen LogP contribution in [-0.2, 0) is 0 Å². The number of aromatic amines is 1. The van der Waals surface area contributed by atoms with Crippen LogP contribution in [0.5, 0.6) is 0 Å². The summed E-state index contributed by atoms with van der Waals surface area (Å²) in [4.78, 5) is 28.5. The molecule has 1 aromatic heterocycles. The van der Waals surface area contributed by atoms with Crippen molar-refractivity contribution in [3.63, 3.8) is 0 Å². The molecule has 0 aliphatic carbocycles. The first-order valence-electron chi connectivity index (χ1n) is 6.48. The van der Waals surface area contributed by atoms with Crippen molar-refractivity contribution >= 4 is 29.0 Å². The highest BCUT2D eigenvalue weighted by atomic mass is 16.4. The van der Waals surface area contributed by atoms with Crippen LogP contribution in [0.15, 0.2) is 24.4 Å². The van der Waals surface area contributed by atoms with Crippen LogP contribution in [0.3, 0.4) is 0 Å². The third-order valence-corrected chi connectivity index (χ3v) is 3.74. The standard InChI is InChI=1S/C14H15N3O3/c18-9-10-8-15-13-2-1-11(7-12(10)13)16-3-5-17(6-4-16)14(19)20/h1-2,7-9,15H,3-6H2,(H,19,20). The number of anilines is 1. The highest BCUT2D eigenvalue weighted by molar-refractivity contribution is 5.98. The summed E-state index contributed by atoms with van der Waals surface area (Å²) in [5.74, 6) is 0. The van der Waals surface area contributed by atoms with Crippen LogP contribution >= 0.6 is 0 Å². The molecule has 1 aliphatic rings. The number of hydrogen-bond acceptors (Lipinski definition) is 3. The van der Waals surface area contributed by atoms with Crippen LogP contribution in [0.25, 0.3) is 10.9 Å². The fraction of sp³-hybridized carbons (Fsp3) is 0.286. The predicted octanol–water partition coefficient (Wildman–Crippen LogP) is 1.78. The van der Waals surface area contributed by atoms with E-state index in [1.54, 1.807) is 6.20 Å². The molecule has 1 amide bonds. The number of H-pyrrole nitrogens is 1. The van der Waals surface area contributed by atoms with Crippen molar-refractivity contribution in [1.82, 2.24) is 9.88 Å². The molecule has 1 fully saturated rings. The SMILES string of the molecule is O=Cc1c[nH]c2ccc(N3CCN(C(=O)O)CC3)cc12. The van der Waals surface area contributed by atoms with Crippen LogP contribution in [0, 0.1) is 0 Å². The average Bonchev–Trinajstić information content (AvgIpc) is 2.89. The first-order chi connectivity index (χ1) is 9.69. The normalized spacial score (nSPS) is 15.6. The van der Waals surface area contributed by atoms with E-state index >= 15 is 0 Å². The zero-order chi connectivity index (χ0) is 14.1. The summed E-state index contributed by atoms with van der Waals surface area (Å²) in [5.41, 5.74) is 2.59. The van der Waals surface area contributed by atoms with Crippen molar-refractivity contribution in [3.8, 4) is 0 Å². The van der Waals surface area contributed by atoms with E-state index in [1.165, 1.54) is 4.90 Å². The molecule has 1 aromatic carbocycles. The second-order valence-corrected chi connectivity index (χ2v) is 4.85. The van der Waals surface area contributed by atoms with Gasteiger partial charge in [0.05, 0.1) is 0 Å². The first-order valence-corrected chi connectivity index (χ1v) is 6.48. The summed E-state index contributed by atoms with van der Waals surface area (Å²) in [5, 5.41) is 9.84. The number of hydrogen-bond donors (Lipinski definition) is 2. The van der Waals surface area contributed by atoms with Crippen LogP contribution in [0.1, 0.15) is 10.4 Å². The van der Waals surface area contributed by atoms with Gasteiger partial charge in [0.15, 0.2) is 6.29 Å².